The van der Waals surface area contributed by atoms with Crippen molar-refractivity contribution in [3.8, 4) is 28.3 Å². The van der Waals surface area contributed by atoms with E-state index in [2.05, 4.69) is 20.5 Å². The van der Waals surface area contributed by atoms with E-state index in [9.17, 15) is 4.39 Å². The summed E-state index contributed by atoms with van der Waals surface area (Å²) in [6.07, 6.45) is 2.65. The van der Waals surface area contributed by atoms with Gasteiger partial charge in [-0.1, -0.05) is 11.6 Å². The van der Waals surface area contributed by atoms with Crippen LogP contribution in [0.4, 0.5) is 10.2 Å². The van der Waals surface area contributed by atoms with Crippen LogP contribution in [0.3, 0.4) is 0 Å². The lowest BCUT2D eigenvalue weighted by Gasteiger charge is -2.30. The quantitative estimate of drug-likeness (QED) is 0.425. The minimum absolute atomic E-state index is 0.00831. The van der Waals surface area contributed by atoms with Crippen molar-refractivity contribution < 1.29 is 9.13 Å². The van der Waals surface area contributed by atoms with Crippen LogP contribution in [0.2, 0.25) is 10.3 Å². The summed E-state index contributed by atoms with van der Waals surface area (Å²) in [5.41, 5.74) is 3.14. The lowest BCUT2D eigenvalue weighted by molar-refractivity contribution is 0.227. The van der Waals surface area contributed by atoms with Crippen molar-refractivity contribution in [2.24, 2.45) is 7.05 Å². The zero-order valence-electron chi connectivity index (χ0n) is 21.0. The molecule has 38 heavy (non-hydrogen) atoms. The predicted molar refractivity (Wildman–Crippen MR) is 150 cm³/mol. The first kappa shape index (κ1) is 26.5. The van der Waals surface area contributed by atoms with Crippen molar-refractivity contribution in [3.63, 3.8) is 0 Å². The Bertz CT molecular complexity index is 1550. The number of ether oxygens (including phenoxy) is 1. The number of aromatic nitrogens is 5. The lowest BCUT2D eigenvalue weighted by atomic mass is 9.42. The average molecular weight is 516 g/mol. The Labute approximate surface area is 231 Å². The van der Waals surface area contributed by atoms with Gasteiger partial charge in [-0.25, -0.2) is 9.37 Å². The summed E-state index contributed by atoms with van der Waals surface area (Å²) in [6.45, 7) is 1.68. The molecule has 0 saturated carbocycles. The van der Waals surface area contributed by atoms with E-state index in [1.54, 1.807) is 50.2 Å². The maximum atomic E-state index is 14.5. The van der Waals surface area contributed by atoms with Crippen LogP contribution in [0.15, 0.2) is 36.7 Å². The Kier molecular flexibility index (Phi) is 6.49. The summed E-state index contributed by atoms with van der Waals surface area (Å²) in [5.74, 6) is 0.394. The van der Waals surface area contributed by atoms with E-state index < -0.39 is 22.2 Å². The van der Waals surface area contributed by atoms with Gasteiger partial charge in [-0.05, 0) is 42.0 Å². The van der Waals surface area contributed by atoms with Crippen LogP contribution in [0.1, 0.15) is 29.7 Å². The normalized spacial score (nSPS) is 16.3. The molecule has 1 aliphatic rings. The highest BCUT2D eigenvalue weighted by Crippen LogP contribution is 2.45. The molecule has 10 radical (unpaired) electrons. The number of rotatable bonds is 3. The van der Waals surface area contributed by atoms with Gasteiger partial charge in [0.05, 0.1) is 50.6 Å². The number of pyridine rings is 1. The molecule has 0 saturated heterocycles. The Balaban J connectivity index is 1.91. The number of halogens is 2. The third-order valence-corrected chi connectivity index (χ3v) is 6.66. The van der Waals surface area contributed by atoms with Crippen LogP contribution >= 0.6 is 11.6 Å². The first-order chi connectivity index (χ1) is 17.8. The third-order valence-electron chi connectivity index (χ3n) is 6.39. The van der Waals surface area contributed by atoms with E-state index in [0.29, 0.717) is 45.2 Å². The number of hydrogen-bond acceptors (Lipinski definition) is 5. The standard InChI is InChI=1S/C24H19B5ClFN6O/c1-11-15-7-13(31)4-5-14(15)19-16(9-36(3)34-19)24(28,29)18-20(37(35-21(18)30)10-23(25,26)27)12-6-17(38-11)22(32-2)33-8-12/h4-9,11H,10H2,1-3H3,(H,32,33)/t11-/m1/s1. The number of benzene rings is 1. The number of aryl methyl sites for hydroxylation is 1. The topological polar surface area (TPSA) is 69.8 Å². The second-order valence-electron chi connectivity index (χ2n) is 9.53. The van der Waals surface area contributed by atoms with Gasteiger partial charge in [0.1, 0.15) is 11.9 Å². The number of anilines is 1. The second-order valence-corrected chi connectivity index (χ2v) is 9.89. The van der Waals surface area contributed by atoms with Crippen molar-refractivity contribution in [2.45, 2.75) is 29.9 Å². The summed E-state index contributed by atoms with van der Waals surface area (Å²) in [4.78, 5) is 4.51. The molecular formula is C24H19B5ClFN6O. The summed E-state index contributed by atoms with van der Waals surface area (Å²) < 4.78 is 23.9. The van der Waals surface area contributed by atoms with Crippen LogP contribution in [0.5, 0.6) is 5.75 Å². The minimum Gasteiger partial charge on any atom is -0.482 e. The molecule has 0 amide bonds. The van der Waals surface area contributed by atoms with E-state index in [4.69, 9.17) is 55.6 Å². The van der Waals surface area contributed by atoms with E-state index in [1.807, 2.05) is 0 Å². The van der Waals surface area contributed by atoms with Gasteiger partial charge in [0, 0.05) is 55.3 Å². The molecule has 1 N–H and O–H groups in total. The number of hydrogen-bond donors (Lipinski definition) is 1. The van der Waals surface area contributed by atoms with Gasteiger partial charge in [0.15, 0.2) is 16.7 Å². The molecule has 4 aromatic rings. The molecule has 0 unspecified atom stereocenters. The molecule has 1 aromatic carbocycles. The SMILES string of the molecule is [B]C([B])([B])Cn1nc(Cl)c2c1-c1cnc(NC)c(c1)O[C@H](C)c1cc(F)ccc1-c1nn(C)cc1C2([B])[B]. The number of nitrogens with zero attached hydrogens (tertiary/aromatic N) is 5. The van der Waals surface area contributed by atoms with E-state index in [0.717, 1.165) is 0 Å². The van der Waals surface area contributed by atoms with Crippen LogP contribution in [-0.4, -0.2) is 70.8 Å². The largest absolute Gasteiger partial charge is 0.482 e. The fourth-order valence-corrected chi connectivity index (χ4v) is 5.12. The fraction of sp³-hybridized carbons (Fsp3) is 0.292. The lowest BCUT2D eigenvalue weighted by Crippen LogP contribution is -2.30. The van der Waals surface area contributed by atoms with E-state index in [-0.39, 0.29) is 17.3 Å². The first-order valence-corrected chi connectivity index (χ1v) is 12.1. The van der Waals surface area contributed by atoms with Gasteiger partial charge in [-0.3, -0.25) is 9.36 Å². The summed E-state index contributed by atoms with van der Waals surface area (Å²) in [6, 6.07) is 6.08. The third kappa shape index (κ3) is 4.55. The molecule has 0 fully saturated rings. The number of fused-ring (bicyclic) bond motifs is 7. The van der Waals surface area contributed by atoms with Crippen LogP contribution in [0, 0.1) is 5.82 Å². The van der Waals surface area contributed by atoms with Gasteiger partial charge in [-0.15, -0.1) is 5.11 Å². The van der Waals surface area contributed by atoms with Crippen molar-refractivity contribution in [3.05, 3.63) is 64.3 Å². The van der Waals surface area contributed by atoms with Crippen molar-refractivity contribution >= 4 is 56.7 Å². The monoisotopic (exact) mass is 516 g/mol. The molecule has 7 nitrogen and oxygen atoms in total. The highest BCUT2D eigenvalue weighted by Gasteiger charge is 2.37. The van der Waals surface area contributed by atoms with Gasteiger partial charge >= 0.3 is 0 Å². The molecule has 1 atom stereocenters. The average Bonchev–Trinajstić information content (AvgIpc) is 3.37. The fourth-order valence-electron chi connectivity index (χ4n) is 4.78. The highest BCUT2D eigenvalue weighted by molar-refractivity contribution is 6.58. The smallest absolute Gasteiger partial charge is 0.168 e. The van der Waals surface area contributed by atoms with Crippen LogP contribution in [0.25, 0.3) is 22.5 Å². The second kappa shape index (κ2) is 9.29. The molecular weight excluding hydrogens is 497 g/mol. The Morgan fingerprint density at radius 3 is 2.63 bits per heavy atom. The van der Waals surface area contributed by atoms with Crippen molar-refractivity contribution in [1.29, 1.82) is 0 Å². The van der Waals surface area contributed by atoms with Crippen LogP contribution in [-0.2, 0) is 18.8 Å². The Hall–Kier alpha value is -3.07. The molecule has 2 bridgehead atoms. The minimum atomic E-state index is -1.73. The first-order valence-electron chi connectivity index (χ1n) is 11.7. The van der Waals surface area contributed by atoms with Gasteiger partial charge < -0.3 is 10.1 Å². The molecule has 0 aliphatic carbocycles. The summed E-state index contributed by atoms with van der Waals surface area (Å²) in [7, 11) is 35.1. The van der Waals surface area contributed by atoms with Crippen molar-refractivity contribution in [2.75, 3.05) is 12.4 Å². The van der Waals surface area contributed by atoms with Crippen LogP contribution < -0.4 is 10.1 Å². The zero-order valence-corrected chi connectivity index (χ0v) is 21.8. The summed E-state index contributed by atoms with van der Waals surface area (Å²) in [5, 5.41) is 8.72. The van der Waals surface area contributed by atoms with E-state index in [1.165, 1.54) is 16.8 Å². The molecule has 0 spiro atoms. The summed E-state index contributed by atoms with van der Waals surface area (Å²) >= 11 is 6.70. The Morgan fingerprint density at radius 1 is 1.21 bits per heavy atom. The van der Waals surface area contributed by atoms with Gasteiger partial charge in [0.25, 0.3) is 0 Å². The molecule has 180 valence electrons. The maximum absolute atomic E-state index is 14.5. The Morgan fingerprint density at radius 2 is 1.95 bits per heavy atom. The zero-order chi connectivity index (χ0) is 27.6. The number of nitrogens with one attached hydrogen (secondary N) is 1. The van der Waals surface area contributed by atoms with Gasteiger partial charge in [0.2, 0.25) is 0 Å². The molecule has 5 rings (SSSR count). The predicted octanol–water partition coefficient (Wildman–Crippen LogP) is 2.75. The highest BCUT2D eigenvalue weighted by atomic mass is 35.5. The molecule has 4 heterocycles. The van der Waals surface area contributed by atoms with E-state index >= 15 is 0 Å². The van der Waals surface area contributed by atoms with Crippen molar-refractivity contribution in [1.82, 2.24) is 24.5 Å². The molecule has 1 aliphatic heterocycles. The molecule has 14 heteroatoms. The van der Waals surface area contributed by atoms with Gasteiger partial charge in [-0.2, -0.15) is 10.2 Å². The maximum Gasteiger partial charge on any atom is 0.168 e. The molecule has 3 aromatic heterocycles.